The molecule has 1 saturated carbocycles. The lowest BCUT2D eigenvalue weighted by Crippen LogP contribution is -2.57. The molecule has 176 valence electrons. The molecule has 3 aliphatic rings. The molecule has 0 aromatic heterocycles. The third-order valence-corrected chi connectivity index (χ3v) is 8.94. The Hall–Kier alpha value is -1.38. The number of rotatable bonds is 8. The number of para-hydroxylation sites is 1. The number of hydrogen-bond acceptors (Lipinski definition) is 6. The molecule has 0 bridgehead atoms. The van der Waals surface area contributed by atoms with E-state index in [9.17, 15) is 9.59 Å². The Balaban J connectivity index is 1.32. The second-order valence-corrected chi connectivity index (χ2v) is 11.1. The lowest BCUT2D eigenvalue weighted by atomic mass is 9.91. The maximum Gasteiger partial charge on any atom is 0.246 e. The van der Waals surface area contributed by atoms with Crippen LogP contribution < -0.4 is 15.5 Å². The minimum absolute atomic E-state index is 0.0328. The molecule has 3 fully saturated rings. The van der Waals surface area contributed by atoms with Gasteiger partial charge in [0, 0.05) is 49.2 Å². The van der Waals surface area contributed by atoms with Crippen LogP contribution in [0.25, 0.3) is 0 Å². The fourth-order valence-corrected chi connectivity index (χ4v) is 6.97. The molecule has 0 radical (unpaired) electrons. The van der Waals surface area contributed by atoms with E-state index in [0.717, 1.165) is 36.4 Å². The Morgan fingerprint density at radius 1 is 1.09 bits per heavy atom. The average molecular weight is 477 g/mol. The van der Waals surface area contributed by atoms with Crippen LogP contribution in [0.3, 0.4) is 0 Å². The van der Waals surface area contributed by atoms with Crippen molar-refractivity contribution in [3.63, 3.8) is 0 Å². The second-order valence-electron chi connectivity index (χ2n) is 9.02. The number of thioether (sulfide) groups is 2. The summed E-state index contributed by atoms with van der Waals surface area (Å²) in [5.41, 5.74) is 1.21. The Labute approximate surface area is 200 Å². The van der Waals surface area contributed by atoms with E-state index < -0.39 is 6.04 Å². The third-order valence-electron chi connectivity index (χ3n) is 6.72. The normalized spacial score (nSPS) is 23.2. The summed E-state index contributed by atoms with van der Waals surface area (Å²) in [5.74, 6) is 4.15. The van der Waals surface area contributed by atoms with Gasteiger partial charge in [-0.1, -0.05) is 37.5 Å². The van der Waals surface area contributed by atoms with Gasteiger partial charge in [-0.25, -0.2) is 0 Å². The zero-order valence-corrected chi connectivity index (χ0v) is 20.5. The zero-order chi connectivity index (χ0) is 22.2. The van der Waals surface area contributed by atoms with E-state index in [2.05, 4.69) is 39.8 Å². The van der Waals surface area contributed by atoms with Gasteiger partial charge in [0.1, 0.15) is 6.04 Å². The van der Waals surface area contributed by atoms with Gasteiger partial charge in [0.15, 0.2) is 0 Å². The lowest BCUT2D eigenvalue weighted by molar-refractivity contribution is -0.136. The van der Waals surface area contributed by atoms with Gasteiger partial charge >= 0.3 is 0 Å². The summed E-state index contributed by atoms with van der Waals surface area (Å²) in [5, 5.41) is 6.32. The van der Waals surface area contributed by atoms with Gasteiger partial charge in [-0.05, 0) is 36.6 Å². The Morgan fingerprint density at radius 2 is 1.84 bits per heavy atom. The van der Waals surface area contributed by atoms with Crippen LogP contribution in [0.15, 0.2) is 30.3 Å². The van der Waals surface area contributed by atoms with E-state index in [-0.39, 0.29) is 17.9 Å². The molecule has 1 aromatic rings. The van der Waals surface area contributed by atoms with Crippen molar-refractivity contribution in [1.29, 1.82) is 0 Å². The standard InChI is InChI=1S/C24H36N4O2S2/c29-23(21-16-32-18-25-21)26-22(17-31-15-19-7-3-1-4-8-19)24(30)28-13-11-27(12-14-28)20-9-5-2-6-10-20/h2,5-6,9-10,19,21-22,25H,1,3-4,7-8,11-18H2,(H,26,29)/t21-,22-/m0/s1. The van der Waals surface area contributed by atoms with Crippen LogP contribution in [0.5, 0.6) is 0 Å². The minimum Gasteiger partial charge on any atom is -0.368 e. The summed E-state index contributed by atoms with van der Waals surface area (Å²) in [4.78, 5) is 30.5. The molecular weight excluding hydrogens is 440 g/mol. The second kappa shape index (κ2) is 12.2. The molecule has 2 heterocycles. The van der Waals surface area contributed by atoms with Crippen LogP contribution in [0, 0.1) is 5.92 Å². The number of hydrogen-bond donors (Lipinski definition) is 2. The molecule has 2 saturated heterocycles. The molecule has 0 spiro atoms. The highest BCUT2D eigenvalue weighted by atomic mass is 32.2. The first-order chi connectivity index (χ1) is 15.7. The van der Waals surface area contributed by atoms with Gasteiger partial charge < -0.3 is 15.1 Å². The number of amides is 2. The largest absolute Gasteiger partial charge is 0.368 e. The van der Waals surface area contributed by atoms with E-state index >= 15 is 0 Å². The van der Waals surface area contributed by atoms with Crippen molar-refractivity contribution in [2.45, 2.75) is 44.2 Å². The van der Waals surface area contributed by atoms with Crippen molar-refractivity contribution >= 4 is 41.0 Å². The van der Waals surface area contributed by atoms with Gasteiger partial charge in [0.2, 0.25) is 11.8 Å². The smallest absolute Gasteiger partial charge is 0.246 e. The number of carbonyl (C=O) groups excluding carboxylic acids is 2. The topological polar surface area (TPSA) is 64.7 Å². The molecule has 2 aliphatic heterocycles. The van der Waals surface area contributed by atoms with Gasteiger partial charge in [-0.3, -0.25) is 14.9 Å². The zero-order valence-electron chi connectivity index (χ0n) is 18.8. The van der Waals surface area contributed by atoms with Crippen LogP contribution in [0.1, 0.15) is 32.1 Å². The SMILES string of the molecule is O=C(N[C@@H](CSCC1CCCCC1)C(=O)N1CCN(c2ccccc2)CC1)[C@@H]1CSCN1. The van der Waals surface area contributed by atoms with Crippen LogP contribution in [0.2, 0.25) is 0 Å². The van der Waals surface area contributed by atoms with Crippen molar-refractivity contribution in [2.24, 2.45) is 5.92 Å². The Bertz CT molecular complexity index is 731. The van der Waals surface area contributed by atoms with E-state index in [0.29, 0.717) is 18.8 Å². The van der Waals surface area contributed by atoms with Crippen molar-refractivity contribution < 1.29 is 9.59 Å². The fraction of sp³-hybridized carbons (Fsp3) is 0.667. The monoisotopic (exact) mass is 476 g/mol. The van der Waals surface area contributed by atoms with Crippen molar-refractivity contribution in [2.75, 3.05) is 54.2 Å². The van der Waals surface area contributed by atoms with Gasteiger partial charge in [0.05, 0.1) is 6.04 Å². The van der Waals surface area contributed by atoms with Gasteiger partial charge in [0.25, 0.3) is 0 Å². The van der Waals surface area contributed by atoms with Crippen molar-refractivity contribution in [3.8, 4) is 0 Å². The highest BCUT2D eigenvalue weighted by Gasteiger charge is 2.32. The number of nitrogens with zero attached hydrogens (tertiary/aromatic N) is 2. The first-order valence-electron chi connectivity index (χ1n) is 12.0. The summed E-state index contributed by atoms with van der Waals surface area (Å²) in [6.45, 7) is 3.05. The number of benzene rings is 1. The van der Waals surface area contributed by atoms with Gasteiger partial charge in [-0.15, -0.1) is 11.8 Å². The number of anilines is 1. The first kappa shape index (κ1) is 23.8. The number of carbonyl (C=O) groups is 2. The molecule has 4 rings (SSSR count). The van der Waals surface area contributed by atoms with Crippen LogP contribution in [-0.4, -0.2) is 78.1 Å². The first-order valence-corrected chi connectivity index (χ1v) is 14.3. The minimum atomic E-state index is -0.438. The molecule has 2 amide bonds. The summed E-state index contributed by atoms with van der Waals surface area (Å²) in [6.07, 6.45) is 6.65. The number of nitrogens with one attached hydrogen (secondary N) is 2. The lowest BCUT2D eigenvalue weighted by Gasteiger charge is -2.37. The van der Waals surface area contributed by atoms with E-state index in [1.54, 1.807) is 11.8 Å². The van der Waals surface area contributed by atoms with E-state index in [1.807, 2.05) is 22.7 Å². The molecule has 32 heavy (non-hydrogen) atoms. The summed E-state index contributed by atoms with van der Waals surface area (Å²) >= 11 is 3.57. The molecule has 2 atom stereocenters. The molecular formula is C24H36N4O2S2. The molecule has 1 aliphatic carbocycles. The summed E-state index contributed by atoms with van der Waals surface area (Å²) in [6, 6.07) is 9.75. The van der Waals surface area contributed by atoms with E-state index in [1.165, 1.54) is 37.8 Å². The highest BCUT2D eigenvalue weighted by Crippen LogP contribution is 2.27. The molecule has 0 unspecified atom stereocenters. The molecule has 1 aromatic carbocycles. The van der Waals surface area contributed by atoms with Crippen molar-refractivity contribution in [3.05, 3.63) is 30.3 Å². The predicted octanol–water partition coefficient (Wildman–Crippen LogP) is 2.80. The Morgan fingerprint density at radius 3 is 2.53 bits per heavy atom. The van der Waals surface area contributed by atoms with Crippen LogP contribution in [-0.2, 0) is 9.59 Å². The maximum absolute atomic E-state index is 13.4. The molecule has 2 N–H and O–H groups in total. The third kappa shape index (κ3) is 6.58. The molecule has 8 heteroatoms. The predicted molar refractivity (Wildman–Crippen MR) is 135 cm³/mol. The van der Waals surface area contributed by atoms with Crippen LogP contribution in [0.4, 0.5) is 5.69 Å². The van der Waals surface area contributed by atoms with Crippen LogP contribution >= 0.6 is 23.5 Å². The summed E-state index contributed by atoms with van der Waals surface area (Å²) < 4.78 is 0. The van der Waals surface area contributed by atoms with E-state index in [4.69, 9.17) is 0 Å². The van der Waals surface area contributed by atoms with Gasteiger partial charge in [-0.2, -0.15) is 11.8 Å². The average Bonchev–Trinajstić information content (AvgIpc) is 3.40. The Kier molecular flexibility index (Phi) is 9.05. The highest BCUT2D eigenvalue weighted by molar-refractivity contribution is 7.99. The maximum atomic E-state index is 13.4. The fourth-order valence-electron chi connectivity index (χ4n) is 4.76. The quantitative estimate of drug-likeness (QED) is 0.602. The molecule has 6 nitrogen and oxygen atoms in total. The summed E-state index contributed by atoms with van der Waals surface area (Å²) in [7, 11) is 0. The number of piperazine rings is 1. The van der Waals surface area contributed by atoms with Crippen molar-refractivity contribution in [1.82, 2.24) is 15.5 Å².